The summed E-state index contributed by atoms with van der Waals surface area (Å²) in [5.74, 6) is 1.39. The Hall–Kier alpha value is -1.02. The Morgan fingerprint density at radius 1 is 1.10 bits per heavy atom. The monoisotopic (exact) mass is 288 g/mol. The number of nitrogens with one attached hydrogen (secondary N) is 1. The summed E-state index contributed by atoms with van der Waals surface area (Å²) in [4.78, 5) is 2.54. The number of anilines is 1. The van der Waals surface area contributed by atoms with Gasteiger partial charge in [-0.1, -0.05) is 33.8 Å². The lowest BCUT2D eigenvalue weighted by atomic mass is 10.1. The molecule has 2 nitrogen and oxygen atoms in total. The molecule has 1 aliphatic rings. The van der Waals surface area contributed by atoms with Crippen molar-refractivity contribution in [3.05, 3.63) is 29.3 Å². The van der Waals surface area contributed by atoms with Gasteiger partial charge in [-0.3, -0.25) is 0 Å². The Morgan fingerprint density at radius 2 is 1.71 bits per heavy atom. The van der Waals surface area contributed by atoms with Gasteiger partial charge in [-0.2, -0.15) is 0 Å². The largest absolute Gasteiger partial charge is 0.371 e. The van der Waals surface area contributed by atoms with Crippen LogP contribution in [0.2, 0.25) is 0 Å². The molecular weight excluding hydrogens is 256 g/mol. The fraction of sp³-hybridized carbons (Fsp3) is 0.684. The lowest BCUT2D eigenvalue weighted by Gasteiger charge is -2.29. The Balaban J connectivity index is 2.06. The zero-order valence-corrected chi connectivity index (χ0v) is 14.4. The number of benzene rings is 1. The van der Waals surface area contributed by atoms with Gasteiger partial charge in [-0.25, -0.2) is 0 Å². The standard InChI is InChI=1S/C19H32N2/c1-14(2)12-21(13-15(3)4)19-9-6-17(16(5)10-19)11-20-18-7-8-18/h6,9-10,14-15,18,20H,7-8,11-13H2,1-5H3. The van der Waals surface area contributed by atoms with E-state index >= 15 is 0 Å². The van der Waals surface area contributed by atoms with Crippen molar-refractivity contribution in [2.45, 2.75) is 60.0 Å². The van der Waals surface area contributed by atoms with Crippen LogP contribution in [-0.4, -0.2) is 19.1 Å². The molecule has 118 valence electrons. The molecule has 0 spiro atoms. The van der Waals surface area contributed by atoms with Crippen molar-refractivity contribution in [3.63, 3.8) is 0 Å². The van der Waals surface area contributed by atoms with Crippen LogP contribution in [0.1, 0.15) is 51.7 Å². The highest BCUT2D eigenvalue weighted by Crippen LogP contribution is 2.23. The molecule has 1 N–H and O–H groups in total. The van der Waals surface area contributed by atoms with E-state index < -0.39 is 0 Å². The first-order chi connectivity index (χ1) is 9.95. The molecule has 1 aromatic carbocycles. The summed E-state index contributed by atoms with van der Waals surface area (Å²) in [5, 5.41) is 3.61. The van der Waals surface area contributed by atoms with E-state index in [1.807, 2.05) is 0 Å². The average molecular weight is 288 g/mol. The van der Waals surface area contributed by atoms with Gasteiger partial charge in [0.05, 0.1) is 0 Å². The van der Waals surface area contributed by atoms with Gasteiger partial charge in [0.25, 0.3) is 0 Å². The number of aryl methyl sites for hydroxylation is 1. The van der Waals surface area contributed by atoms with E-state index in [4.69, 9.17) is 0 Å². The molecule has 0 amide bonds. The van der Waals surface area contributed by atoms with Crippen LogP contribution in [-0.2, 0) is 6.54 Å². The number of nitrogens with zero attached hydrogens (tertiary/aromatic N) is 1. The fourth-order valence-electron chi connectivity index (χ4n) is 2.78. The maximum Gasteiger partial charge on any atom is 0.0369 e. The molecule has 1 saturated carbocycles. The molecule has 21 heavy (non-hydrogen) atoms. The molecule has 2 heteroatoms. The first kappa shape index (κ1) is 16.4. The second-order valence-electron chi connectivity index (χ2n) is 7.46. The maximum atomic E-state index is 3.61. The summed E-state index contributed by atoms with van der Waals surface area (Å²) in [6, 6.07) is 7.77. The van der Waals surface area contributed by atoms with Gasteiger partial charge in [0, 0.05) is 31.4 Å². The van der Waals surface area contributed by atoms with Crippen LogP contribution in [0, 0.1) is 18.8 Å². The van der Waals surface area contributed by atoms with E-state index in [1.54, 1.807) is 0 Å². The molecule has 1 fully saturated rings. The quantitative estimate of drug-likeness (QED) is 0.764. The molecule has 1 aliphatic carbocycles. The van der Waals surface area contributed by atoms with Crippen LogP contribution in [0.3, 0.4) is 0 Å². The van der Waals surface area contributed by atoms with Crippen LogP contribution in [0.5, 0.6) is 0 Å². The number of hydrogen-bond acceptors (Lipinski definition) is 2. The smallest absolute Gasteiger partial charge is 0.0369 e. The molecule has 1 aromatic rings. The van der Waals surface area contributed by atoms with E-state index in [0.717, 1.165) is 25.7 Å². The lowest BCUT2D eigenvalue weighted by Crippen LogP contribution is -2.31. The number of rotatable bonds is 8. The molecule has 0 unspecified atom stereocenters. The van der Waals surface area contributed by atoms with Crippen molar-refractivity contribution in [3.8, 4) is 0 Å². The van der Waals surface area contributed by atoms with Gasteiger partial charge >= 0.3 is 0 Å². The maximum absolute atomic E-state index is 3.61. The summed E-state index contributed by atoms with van der Waals surface area (Å²) in [7, 11) is 0. The van der Waals surface area contributed by atoms with Crippen molar-refractivity contribution in [2.75, 3.05) is 18.0 Å². The van der Waals surface area contributed by atoms with E-state index in [-0.39, 0.29) is 0 Å². The van der Waals surface area contributed by atoms with Crippen molar-refractivity contribution in [1.29, 1.82) is 0 Å². The van der Waals surface area contributed by atoms with Crippen LogP contribution >= 0.6 is 0 Å². The highest BCUT2D eigenvalue weighted by atomic mass is 15.1. The molecule has 0 bridgehead atoms. The topological polar surface area (TPSA) is 15.3 Å². The number of hydrogen-bond donors (Lipinski definition) is 1. The summed E-state index contributed by atoms with van der Waals surface area (Å²) in [6.07, 6.45) is 2.71. The third kappa shape index (κ3) is 5.35. The van der Waals surface area contributed by atoms with E-state index in [9.17, 15) is 0 Å². The predicted molar refractivity (Wildman–Crippen MR) is 92.9 cm³/mol. The van der Waals surface area contributed by atoms with Crippen molar-refractivity contribution >= 4 is 5.69 Å². The highest BCUT2D eigenvalue weighted by molar-refractivity contribution is 5.51. The molecular formula is C19H32N2. The SMILES string of the molecule is Cc1cc(N(CC(C)C)CC(C)C)ccc1CNC1CC1. The molecule has 0 heterocycles. The van der Waals surface area contributed by atoms with Crippen LogP contribution in [0.15, 0.2) is 18.2 Å². The molecule has 0 saturated heterocycles. The molecule has 0 aromatic heterocycles. The minimum atomic E-state index is 0.695. The summed E-state index contributed by atoms with van der Waals surface area (Å²) < 4.78 is 0. The first-order valence-corrected chi connectivity index (χ1v) is 8.53. The van der Waals surface area contributed by atoms with Crippen molar-refractivity contribution in [2.24, 2.45) is 11.8 Å². The Morgan fingerprint density at radius 3 is 2.19 bits per heavy atom. The third-order valence-electron chi connectivity index (χ3n) is 4.02. The summed E-state index contributed by atoms with van der Waals surface area (Å²) in [6.45, 7) is 14.7. The summed E-state index contributed by atoms with van der Waals surface area (Å²) in [5.41, 5.74) is 4.24. The molecule has 2 rings (SSSR count). The Bertz CT molecular complexity index is 437. The van der Waals surface area contributed by atoms with Gasteiger partial charge in [-0.05, 0) is 54.9 Å². The van der Waals surface area contributed by atoms with Crippen LogP contribution < -0.4 is 10.2 Å². The molecule has 0 atom stereocenters. The second-order valence-corrected chi connectivity index (χ2v) is 7.46. The van der Waals surface area contributed by atoms with Crippen LogP contribution in [0.4, 0.5) is 5.69 Å². The van der Waals surface area contributed by atoms with Gasteiger partial charge in [0.1, 0.15) is 0 Å². The Labute approximate surface area is 130 Å². The molecule has 0 radical (unpaired) electrons. The van der Waals surface area contributed by atoms with E-state index in [2.05, 4.69) is 63.0 Å². The Kier molecular flexibility index (Phi) is 5.69. The van der Waals surface area contributed by atoms with Crippen molar-refractivity contribution in [1.82, 2.24) is 5.32 Å². The van der Waals surface area contributed by atoms with E-state index in [1.165, 1.54) is 29.7 Å². The first-order valence-electron chi connectivity index (χ1n) is 8.53. The molecule has 0 aliphatic heterocycles. The average Bonchev–Trinajstić information content (AvgIpc) is 3.19. The summed E-state index contributed by atoms with van der Waals surface area (Å²) >= 11 is 0. The van der Waals surface area contributed by atoms with Crippen molar-refractivity contribution < 1.29 is 0 Å². The predicted octanol–water partition coefficient (Wildman–Crippen LogP) is 4.37. The third-order valence-corrected chi connectivity index (χ3v) is 4.02. The fourth-order valence-corrected chi connectivity index (χ4v) is 2.78. The highest BCUT2D eigenvalue weighted by Gasteiger charge is 2.20. The lowest BCUT2D eigenvalue weighted by molar-refractivity contribution is 0.552. The van der Waals surface area contributed by atoms with Gasteiger partial charge in [-0.15, -0.1) is 0 Å². The normalized spacial score (nSPS) is 15.0. The second kappa shape index (κ2) is 7.31. The van der Waals surface area contributed by atoms with Gasteiger partial charge in [0.2, 0.25) is 0 Å². The van der Waals surface area contributed by atoms with E-state index in [0.29, 0.717) is 11.8 Å². The van der Waals surface area contributed by atoms with Gasteiger partial charge in [0.15, 0.2) is 0 Å². The minimum Gasteiger partial charge on any atom is -0.371 e. The zero-order chi connectivity index (χ0) is 15.4. The van der Waals surface area contributed by atoms with Crippen LogP contribution in [0.25, 0.3) is 0 Å². The van der Waals surface area contributed by atoms with Gasteiger partial charge < -0.3 is 10.2 Å². The minimum absolute atomic E-state index is 0.695. The zero-order valence-electron chi connectivity index (χ0n) is 14.4.